The third-order valence-electron chi connectivity index (χ3n) is 4.61. The van der Waals surface area contributed by atoms with Gasteiger partial charge in [-0.15, -0.1) is 0 Å². The van der Waals surface area contributed by atoms with E-state index in [2.05, 4.69) is 41.3 Å². The Labute approximate surface area is 141 Å². The molecule has 3 aromatic rings. The molecule has 0 saturated heterocycles. The molecule has 4 nitrogen and oxygen atoms in total. The van der Waals surface area contributed by atoms with Gasteiger partial charge in [0.2, 0.25) is 5.89 Å². The summed E-state index contributed by atoms with van der Waals surface area (Å²) in [6, 6.07) is 18.3. The summed E-state index contributed by atoms with van der Waals surface area (Å²) in [6.07, 6.45) is 1.85. The van der Waals surface area contributed by atoms with Gasteiger partial charge in [0, 0.05) is 5.92 Å². The van der Waals surface area contributed by atoms with Crippen molar-refractivity contribution >= 4 is 0 Å². The van der Waals surface area contributed by atoms with Crippen LogP contribution in [0, 0.1) is 0 Å². The topological polar surface area (TPSA) is 48.2 Å². The molecule has 4 heteroatoms. The summed E-state index contributed by atoms with van der Waals surface area (Å²) in [7, 11) is 0. The molecule has 1 aliphatic carbocycles. The van der Waals surface area contributed by atoms with Gasteiger partial charge in [0.1, 0.15) is 5.75 Å². The van der Waals surface area contributed by atoms with E-state index in [0.717, 1.165) is 24.4 Å². The SMILES string of the molecule is CC(CCOc1ccccc1)c1nc(C2Cc3ccccc32)no1. The van der Waals surface area contributed by atoms with E-state index < -0.39 is 0 Å². The summed E-state index contributed by atoms with van der Waals surface area (Å²) >= 11 is 0. The molecule has 0 bridgehead atoms. The van der Waals surface area contributed by atoms with Crippen LogP contribution in [0.2, 0.25) is 0 Å². The van der Waals surface area contributed by atoms with E-state index in [4.69, 9.17) is 9.26 Å². The lowest BCUT2D eigenvalue weighted by Gasteiger charge is -2.27. The van der Waals surface area contributed by atoms with Gasteiger partial charge >= 0.3 is 0 Å². The van der Waals surface area contributed by atoms with Crippen molar-refractivity contribution in [3.8, 4) is 5.75 Å². The number of hydrogen-bond acceptors (Lipinski definition) is 4. The number of rotatable bonds is 6. The maximum atomic E-state index is 5.74. The number of aromatic nitrogens is 2. The summed E-state index contributed by atoms with van der Waals surface area (Å²) in [4.78, 5) is 4.62. The minimum Gasteiger partial charge on any atom is -0.494 e. The van der Waals surface area contributed by atoms with Crippen molar-refractivity contribution in [1.82, 2.24) is 10.1 Å². The highest BCUT2D eigenvalue weighted by molar-refractivity contribution is 5.43. The monoisotopic (exact) mass is 320 g/mol. The van der Waals surface area contributed by atoms with Crippen molar-refractivity contribution in [2.45, 2.75) is 31.6 Å². The van der Waals surface area contributed by atoms with E-state index in [1.54, 1.807) is 0 Å². The third-order valence-corrected chi connectivity index (χ3v) is 4.61. The normalized spacial score (nSPS) is 17.0. The summed E-state index contributed by atoms with van der Waals surface area (Å²) in [6.45, 7) is 2.73. The molecule has 1 aliphatic rings. The van der Waals surface area contributed by atoms with E-state index in [1.807, 2.05) is 30.3 Å². The van der Waals surface area contributed by atoms with Gasteiger partial charge in [0.15, 0.2) is 5.82 Å². The molecule has 0 spiro atoms. The quantitative estimate of drug-likeness (QED) is 0.678. The van der Waals surface area contributed by atoms with Gasteiger partial charge in [-0.3, -0.25) is 0 Å². The predicted octanol–water partition coefficient (Wildman–Crippen LogP) is 4.33. The lowest BCUT2D eigenvalue weighted by atomic mass is 9.77. The fraction of sp³-hybridized carbons (Fsp3) is 0.300. The maximum absolute atomic E-state index is 5.74. The zero-order valence-corrected chi connectivity index (χ0v) is 13.7. The van der Waals surface area contributed by atoms with Crippen LogP contribution in [0.15, 0.2) is 59.1 Å². The molecule has 1 heterocycles. The van der Waals surface area contributed by atoms with E-state index in [9.17, 15) is 0 Å². The van der Waals surface area contributed by atoms with Crippen molar-refractivity contribution in [3.05, 3.63) is 77.4 Å². The molecule has 0 aliphatic heterocycles. The van der Waals surface area contributed by atoms with Crippen LogP contribution >= 0.6 is 0 Å². The zero-order chi connectivity index (χ0) is 16.4. The smallest absolute Gasteiger partial charge is 0.229 e. The van der Waals surface area contributed by atoms with Crippen molar-refractivity contribution in [3.63, 3.8) is 0 Å². The Hall–Kier alpha value is -2.62. The first-order chi connectivity index (χ1) is 11.8. The summed E-state index contributed by atoms with van der Waals surface area (Å²) in [5, 5.41) is 4.20. The van der Waals surface area contributed by atoms with Crippen LogP contribution in [0.1, 0.15) is 48.0 Å². The molecule has 2 atom stereocenters. The highest BCUT2D eigenvalue weighted by Crippen LogP contribution is 2.38. The summed E-state index contributed by atoms with van der Waals surface area (Å²) in [5.41, 5.74) is 2.71. The molecule has 1 aromatic heterocycles. The van der Waals surface area contributed by atoms with Crippen molar-refractivity contribution in [1.29, 1.82) is 0 Å². The number of para-hydroxylation sites is 1. The number of nitrogens with zero attached hydrogens (tertiary/aromatic N) is 2. The third kappa shape index (κ3) is 2.92. The van der Waals surface area contributed by atoms with E-state index in [0.29, 0.717) is 12.5 Å². The number of ether oxygens (including phenoxy) is 1. The molecular weight excluding hydrogens is 300 g/mol. The number of benzene rings is 2. The summed E-state index contributed by atoms with van der Waals surface area (Å²) < 4.78 is 11.2. The fourth-order valence-electron chi connectivity index (χ4n) is 3.07. The lowest BCUT2D eigenvalue weighted by molar-refractivity contribution is 0.280. The Balaban J connectivity index is 1.35. The Morgan fingerprint density at radius 3 is 2.75 bits per heavy atom. The Morgan fingerprint density at radius 2 is 1.92 bits per heavy atom. The average molecular weight is 320 g/mol. The molecule has 2 unspecified atom stereocenters. The van der Waals surface area contributed by atoms with Gasteiger partial charge in [0.05, 0.1) is 12.5 Å². The second-order valence-electron chi connectivity index (χ2n) is 6.30. The molecule has 0 saturated carbocycles. The van der Waals surface area contributed by atoms with Gasteiger partial charge in [-0.1, -0.05) is 54.5 Å². The van der Waals surface area contributed by atoms with E-state index >= 15 is 0 Å². The highest BCUT2D eigenvalue weighted by atomic mass is 16.5. The van der Waals surface area contributed by atoms with E-state index in [-0.39, 0.29) is 11.8 Å². The Morgan fingerprint density at radius 1 is 1.12 bits per heavy atom. The number of hydrogen-bond donors (Lipinski definition) is 0. The van der Waals surface area contributed by atoms with Gasteiger partial charge in [0.25, 0.3) is 0 Å². The Kier molecular flexibility index (Phi) is 4.03. The standard InChI is InChI=1S/C20H20N2O2/c1-14(11-12-23-16-8-3-2-4-9-16)20-21-19(22-24-20)18-13-15-7-5-6-10-17(15)18/h2-10,14,18H,11-13H2,1H3. The minimum absolute atomic E-state index is 0.185. The van der Waals surface area contributed by atoms with Gasteiger partial charge in [-0.05, 0) is 36.1 Å². The first-order valence-corrected chi connectivity index (χ1v) is 8.40. The maximum Gasteiger partial charge on any atom is 0.229 e. The van der Waals surface area contributed by atoms with Crippen LogP contribution in [0.4, 0.5) is 0 Å². The van der Waals surface area contributed by atoms with Crippen LogP contribution in [0.25, 0.3) is 0 Å². The molecule has 4 rings (SSSR count). The van der Waals surface area contributed by atoms with Gasteiger partial charge in [-0.25, -0.2) is 0 Å². The fourth-order valence-corrected chi connectivity index (χ4v) is 3.07. The van der Waals surface area contributed by atoms with E-state index in [1.165, 1.54) is 11.1 Å². The largest absolute Gasteiger partial charge is 0.494 e. The highest BCUT2D eigenvalue weighted by Gasteiger charge is 2.31. The van der Waals surface area contributed by atoms with Gasteiger partial charge in [-0.2, -0.15) is 4.98 Å². The number of fused-ring (bicyclic) bond motifs is 1. The first kappa shape index (κ1) is 14.9. The predicted molar refractivity (Wildman–Crippen MR) is 91.3 cm³/mol. The zero-order valence-electron chi connectivity index (χ0n) is 13.7. The lowest BCUT2D eigenvalue weighted by Crippen LogP contribution is -2.19. The van der Waals surface area contributed by atoms with Gasteiger partial charge < -0.3 is 9.26 Å². The van der Waals surface area contributed by atoms with Crippen LogP contribution in [-0.4, -0.2) is 16.7 Å². The van der Waals surface area contributed by atoms with Crippen LogP contribution in [0.3, 0.4) is 0 Å². The van der Waals surface area contributed by atoms with Crippen LogP contribution in [0.5, 0.6) is 5.75 Å². The average Bonchev–Trinajstić information content (AvgIpc) is 3.06. The molecule has 0 amide bonds. The molecule has 24 heavy (non-hydrogen) atoms. The molecule has 0 N–H and O–H groups in total. The molecule has 122 valence electrons. The molecule has 0 radical (unpaired) electrons. The second kappa shape index (κ2) is 6.48. The second-order valence-corrected chi connectivity index (χ2v) is 6.30. The van der Waals surface area contributed by atoms with Crippen molar-refractivity contribution < 1.29 is 9.26 Å². The van der Waals surface area contributed by atoms with Crippen molar-refractivity contribution in [2.24, 2.45) is 0 Å². The molecule has 2 aromatic carbocycles. The van der Waals surface area contributed by atoms with Crippen LogP contribution in [-0.2, 0) is 6.42 Å². The Bertz CT molecular complexity index is 813. The first-order valence-electron chi connectivity index (χ1n) is 8.40. The van der Waals surface area contributed by atoms with Crippen LogP contribution < -0.4 is 4.74 Å². The molecule has 0 fully saturated rings. The minimum atomic E-state index is 0.185. The molecular formula is C20H20N2O2. The van der Waals surface area contributed by atoms with Crippen molar-refractivity contribution in [2.75, 3.05) is 6.61 Å². The summed E-state index contributed by atoms with van der Waals surface area (Å²) in [5.74, 6) is 2.87.